The summed E-state index contributed by atoms with van der Waals surface area (Å²) in [5.74, 6) is 0.683. The molecule has 2 saturated heterocycles. The van der Waals surface area contributed by atoms with Crippen LogP contribution >= 0.6 is 0 Å². The van der Waals surface area contributed by atoms with Crippen molar-refractivity contribution in [1.82, 2.24) is 4.90 Å². The molecule has 0 bridgehead atoms. The van der Waals surface area contributed by atoms with E-state index in [2.05, 4.69) is 6.08 Å². The zero-order valence-corrected chi connectivity index (χ0v) is 11.7. The van der Waals surface area contributed by atoms with Gasteiger partial charge in [0.25, 0.3) is 0 Å². The molecule has 1 atom stereocenters. The third-order valence-corrected chi connectivity index (χ3v) is 4.64. The zero-order valence-electron chi connectivity index (χ0n) is 11.7. The Morgan fingerprint density at radius 3 is 3.11 bits per heavy atom. The van der Waals surface area contributed by atoms with E-state index >= 15 is 0 Å². The summed E-state index contributed by atoms with van der Waals surface area (Å²) in [5.41, 5.74) is 0.901. The zero-order chi connectivity index (χ0) is 13.3. The normalized spacial score (nSPS) is 28.6. The van der Waals surface area contributed by atoms with Crippen LogP contribution in [0.4, 0.5) is 0 Å². The molecule has 1 aliphatic carbocycles. The molecule has 0 aromatic heterocycles. The number of amides is 1. The molecule has 3 rings (SSSR count). The van der Waals surface area contributed by atoms with Gasteiger partial charge in [-0.15, -0.1) is 0 Å². The van der Waals surface area contributed by atoms with Crippen LogP contribution in [0.2, 0.25) is 0 Å². The summed E-state index contributed by atoms with van der Waals surface area (Å²) >= 11 is 0. The smallest absolute Gasteiger partial charge is 0.249 e. The van der Waals surface area contributed by atoms with Crippen LogP contribution in [0, 0.1) is 5.92 Å². The molecule has 106 valence electrons. The number of likely N-dealkylation sites (tertiary alicyclic amines) is 1. The fourth-order valence-electron chi connectivity index (χ4n) is 3.44. The molecule has 3 aliphatic rings. The molecule has 0 radical (unpaired) electrons. The first-order valence-corrected chi connectivity index (χ1v) is 7.45. The van der Waals surface area contributed by atoms with Crippen LogP contribution < -0.4 is 0 Å². The van der Waals surface area contributed by atoms with E-state index in [4.69, 9.17) is 9.47 Å². The Morgan fingerprint density at radius 2 is 2.42 bits per heavy atom. The highest BCUT2D eigenvalue weighted by molar-refractivity contribution is 5.94. The Hall–Kier alpha value is -0.870. The van der Waals surface area contributed by atoms with Crippen LogP contribution in [0.5, 0.6) is 0 Å². The second kappa shape index (κ2) is 5.25. The Balaban J connectivity index is 1.57. The van der Waals surface area contributed by atoms with Gasteiger partial charge in [0.05, 0.1) is 19.7 Å². The van der Waals surface area contributed by atoms with E-state index in [1.165, 1.54) is 0 Å². The minimum atomic E-state index is -0.107. The predicted octanol–water partition coefficient (Wildman–Crippen LogP) is 1.75. The van der Waals surface area contributed by atoms with Gasteiger partial charge in [0.2, 0.25) is 5.91 Å². The first-order valence-electron chi connectivity index (χ1n) is 7.45. The number of hydrogen-bond donors (Lipinski definition) is 0. The van der Waals surface area contributed by atoms with E-state index in [0.29, 0.717) is 5.92 Å². The molecule has 4 heteroatoms. The third kappa shape index (κ3) is 2.32. The highest BCUT2D eigenvalue weighted by atomic mass is 16.5. The van der Waals surface area contributed by atoms with Crippen molar-refractivity contribution < 1.29 is 14.3 Å². The fourth-order valence-corrected chi connectivity index (χ4v) is 3.44. The minimum absolute atomic E-state index is 0.107. The maximum atomic E-state index is 12.3. The second-order valence-electron chi connectivity index (χ2n) is 5.84. The quantitative estimate of drug-likeness (QED) is 0.777. The average Bonchev–Trinajstić information content (AvgIpc) is 3.02. The van der Waals surface area contributed by atoms with E-state index in [9.17, 15) is 4.79 Å². The summed E-state index contributed by atoms with van der Waals surface area (Å²) in [4.78, 5) is 14.2. The summed E-state index contributed by atoms with van der Waals surface area (Å²) in [5, 5.41) is 0. The van der Waals surface area contributed by atoms with Crippen LogP contribution in [0.3, 0.4) is 0 Å². The van der Waals surface area contributed by atoms with Crippen molar-refractivity contribution in [2.45, 2.75) is 38.2 Å². The molecule has 0 unspecified atom stereocenters. The van der Waals surface area contributed by atoms with Crippen molar-refractivity contribution in [3.8, 4) is 0 Å². The number of hydrogen-bond acceptors (Lipinski definition) is 3. The molecular formula is C15H23NO3. The monoisotopic (exact) mass is 265 g/mol. The van der Waals surface area contributed by atoms with Crippen molar-refractivity contribution in [3.05, 3.63) is 11.6 Å². The van der Waals surface area contributed by atoms with E-state index in [1.807, 2.05) is 11.8 Å². The Labute approximate surface area is 114 Å². The van der Waals surface area contributed by atoms with Crippen molar-refractivity contribution >= 4 is 5.91 Å². The van der Waals surface area contributed by atoms with Crippen molar-refractivity contribution in [2.75, 3.05) is 32.9 Å². The third-order valence-electron chi connectivity index (χ3n) is 4.64. The van der Waals surface area contributed by atoms with Crippen molar-refractivity contribution in [2.24, 2.45) is 5.92 Å². The van der Waals surface area contributed by atoms with E-state index in [1.54, 1.807) is 0 Å². The van der Waals surface area contributed by atoms with Gasteiger partial charge in [-0.25, -0.2) is 0 Å². The molecule has 0 saturated carbocycles. The molecule has 19 heavy (non-hydrogen) atoms. The minimum Gasteiger partial charge on any atom is -0.381 e. The van der Waals surface area contributed by atoms with Gasteiger partial charge < -0.3 is 14.4 Å². The lowest BCUT2D eigenvalue weighted by Gasteiger charge is -2.50. The Kier molecular flexibility index (Phi) is 3.63. The molecule has 2 fully saturated rings. The van der Waals surface area contributed by atoms with Gasteiger partial charge in [-0.05, 0) is 32.6 Å². The van der Waals surface area contributed by atoms with Gasteiger partial charge in [0.15, 0.2) is 0 Å². The van der Waals surface area contributed by atoms with Crippen LogP contribution in [0.25, 0.3) is 0 Å². The molecule has 0 aromatic carbocycles. The molecule has 2 heterocycles. The van der Waals surface area contributed by atoms with Gasteiger partial charge in [0.1, 0.15) is 5.60 Å². The predicted molar refractivity (Wildman–Crippen MR) is 71.8 cm³/mol. The van der Waals surface area contributed by atoms with Crippen LogP contribution in [-0.2, 0) is 14.3 Å². The SMILES string of the molecule is CCOC[C@H]1CCOC12CN(C(=O)C1=CCCC1)C2. The summed E-state index contributed by atoms with van der Waals surface area (Å²) < 4.78 is 11.5. The average molecular weight is 265 g/mol. The Morgan fingerprint density at radius 1 is 1.58 bits per heavy atom. The van der Waals surface area contributed by atoms with Gasteiger partial charge in [-0.2, -0.15) is 0 Å². The number of carbonyl (C=O) groups excluding carboxylic acids is 1. The number of allylic oxidation sites excluding steroid dienone is 1. The van der Waals surface area contributed by atoms with Crippen molar-refractivity contribution in [1.29, 1.82) is 0 Å². The second-order valence-corrected chi connectivity index (χ2v) is 5.84. The molecule has 1 spiro atoms. The largest absolute Gasteiger partial charge is 0.381 e. The highest BCUT2D eigenvalue weighted by Crippen LogP contribution is 2.41. The van der Waals surface area contributed by atoms with E-state index in [-0.39, 0.29) is 11.5 Å². The maximum Gasteiger partial charge on any atom is 0.249 e. The standard InChI is InChI=1S/C15H23NO3/c1-2-18-9-13-7-8-19-15(13)10-16(11-15)14(17)12-5-3-4-6-12/h5,13H,2-4,6-11H2,1H3/t13-/m1/s1. The van der Waals surface area contributed by atoms with Gasteiger partial charge in [0, 0.05) is 24.7 Å². The van der Waals surface area contributed by atoms with Gasteiger partial charge in [-0.1, -0.05) is 6.08 Å². The summed E-state index contributed by atoms with van der Waals surface area (Å²) in [6.07, 6.45) is 6.30. The van der Waals surface area contributed by atoms with Crippen LogP contribution in [-0.4, -0.2) is 49.3 Å². The Bertz CT molecular complexity index is 385. The molecular weight excluding hydrogens is 242 g/mol. The summed E-state index contributed by atoms with van der Waals surface area (Å²) in [7, 11) is 0. The molecule has 0 aromatic rings. The number of ether oxygens (including phenoxy) is 2. The van der Waals surface area contributed by atoms with E-state index in [0.717, 1.165) is 64.2 Å². The first kappa shape index (κ1) is 13.1. The van der Waals surface area contributed by atoms with Crippen LogP contribution in [0.1, 0.15) is 32.6 Å². The topological polar surface area (TPSA) is 38.8 Å². The lowest BCUT2D eigenvalue weighted by molar-refractivity contribution is -0.165. The first-order chi connectivity index (χ1) is 9.25. The van der Waals surface area contributed by atoms with E-state index < -0.39 is 0 Å². The molecule has 2 aliphatic heterocycles. The van der Waals surface area contributed by atoms with Crippen molar-refractivity contribution in [3.63, 3.8) is 0 Å². The number of rotatable bonds is 4. The summed E-state index contributed by atoms with van der Waals surface area (Å²) in [6.45, 7) is 5.85. The molecule has 4 nitrogen and oxygen atoms in total. The highest BCUT2D eigenvalue weighted by Gasteiger charge is 2.54. The maximum absolute atomic E-state index is 12.3. The van der Waals surface area contributed by atoms with Gasteiger partial charge in [-0.3, -0.25) is 4.79 Å². The number of carbonyl (C=O) groups is 1. The number of nitrogens with zero attached hydrogens (tertiary/aromatic N) is 1. The van der Waals surface area contributed by atoms with Gasteiger partial charge >= 0.3 is 0 Å². The van der Waals surface area contributed by atoms with Crippen LogP contribution in [0.15, 0.2) is 11.6 Å². The lowest BCUT2D eigenvalue weighted by Crippen LogP contribution is -2.66. The fraction of sp³-hybridized carbons (Fsp3) is 0.800. The summed E-state index contributed by atoms with van der Waals surface area (Å²) in [6, 6.07) is 0. The molecule has 0 N–H and O–H groups in total. The lowest BCUT2D eigenvalue weighted by atomic mass is 9.81. The molecule has 1 amide bonds.